The first kappa shape index (κ1) is 12.0. The first-order valence-electron chi connectivity index (χ1n) is 6.08. The van der Waals surface area contributed by atoms with Crippen molar-refractivity contribution in [3.05, 3.63) is 18.0 Å². The van der Waals surface area contributed by atoms with Gasteiger partial charge in [0.05, 0.1) is 6.61 Å². The number of anilines is 1. The summed E-state index contributed by atoms with van der Waals surface area (Å²) in [7, 11) is 0. The van der Waals surface area contributed by atoms with Gasteiger partial charge >= 0.3 is 0 Å². The van der Waals surface area contributed by atoms with E-state index < -0.39 is 0 Å². The number of aromatic nitrogens is 1. The van der Waals surface area contributed by atoms with Crippen LogP contribution >= 0.6 is 0 Å². The summed E-state index contributed by atoms with van der Waals surface area (Å²) in [6.07, 6.45) is 5.99. The summed E-state index contributed by atoms with van der Waals surface area (Å²) < 4.78 is 0. The molecule has 1 saturated carbocycles. The molecule has 1 aromatic rings. The molecular weight excluding hydrogens is 218 g/mol. The Labute approximate surface area is 101 Å². The molecule has 2 rings (SSSR count). The number of hydrogen-bond acceptors (Lipinski definition) is 3. The Hall–Kier alpha value is -1.49. The van der Waals surface area contributed by atoms with Crippen molar-refractivity contribution in [2.24, 2.45) is 0 Å². The van der Waals surface area contributed by atoms with Crippen LogP contribution in [0, 0.1) is 0 Å². The molecule has 94 valence electrons. The van der Waals surface area contributed by atoms with E-state index >= 15 is 0 Å². The molecule has 0 bridgehead atoms. The van der Waals surface area contributed by atoms with Crippen molar-refractivity contribution >= 4 is 11.6 Å². The van der Waals surface area contributed by atoms with Crippen LogP contribution in [-0.2, 0) is 0 Å². The predicted molar refractivity (Wildman–Crippen MR) is 65.6 cm³/mol. The quantitative estimate of drug-likeness (QED) is 0.730. The average molecular weight is 237 g/mol. The molecule has 0 aliphatic heterocycles. The lowest BCUT2D eigenvalue weighted by Crippen LogP contribution is -2.40. The minimum absolute atomic E-state index is 0.00156. The van der Waals surface area contributed by atoms with E-state index in [1.54, 1.807) is 17.2 Å². The van der Waals surface area contributed by atoms with Gasteiger partial charge in [-0.15, -0.1) is 0 Å². The van der Waals surface area contributed by atoms with Gasteiger partial charge in [-0.1, -0.05) is 12.8 Å². The molecule has 1 amide bonds. The van der Waals surface area contributed by atoms with Crippen LogP contribution < -0.4 is 5.73 Å². The maximum absolute atomic E-state index is 12.3. The van der Waals surface area contributed by atoms with Gasteiger partial charge in [-0.25, -0.2) is 0 Å². The number of rotatable bonds is 4. The fourth-order valence-electron chi connectivity index (χ4n) is 2.46. The number of H-pyrrole nitrogens is 1. The summed E-state index contributed by atoms with van der Waals surface area (Å²) in [6.45, 7) is 0.390. The molecule has 5 heteroatoms. The van der Waals surface area contributed by atoms with Crippen molar-refractivity contribution in [3.8, 4) is 0 Å². The van der Waals surface area contributed by atoms with Crippen LogP contribution in [0.1, 0.15) is 36.2 Å². The van der Waals surface area contributed by atoms with Crippen molar-refractivity contribution in [1.82, 2.24) is 9.88 Å². The van der Waals surface area contributed by atoms with Crippen LogP contribution in [0.25, 0.3) is 0 Å². The lowest BCUT2D eigenvalue weighted by molar-refractivity contribution is 0.0633. The molecule has 0 spiro atoms. The second-order valence-electron chi connectivity index (χ2n) is 4.51. The molecule has 1 aromatic heterocycles. The highest BCUT2D eigenvalue weighted by atomic mass is 16.3. The van der Waals surface area contributed by atoms with Crippen molar-refractivity contribution in [2.45, 2.75) is 31.7 Å². The molecule has 0 aromatic carbocycles. The third-order valence-electron chi connectivity index (χ3n) is 3.30. The van der Waals surface area contributed by atoms with Crippen LogP contribution in [-0.4, -0.2) is 40.1 Å². The first-order chi connectivity index (χ1) is 8.22. The van der Waals surface area contributed by atoms with Crippen molar-refractivity contribution in [1.29, 1.82) is 0 Å². The number of nitrogens with two attached hydrogens (primary N) is 1. The van der Waals surface area contributed by atoms with Crippen LogP contribution in [0.15, 0.2) is 12.3 Å². The van der Waals surface area contributed by atoms with Crippen LogP contribution in [0.5, 0.6) is 0 Å². The van der Waals surface area contributed by atoms with Gasteiger partial charge in [-0.3, -0.25) is 4.79 Å². The summed E-state index contributed by atoms with van der Waals surface area (Å²) >= 11 is 0. The van der Waals surface area contributed by atoms with Gasteiger partial charge in [0.15, 0.2) is 0 Å². The number of carbonyl (C=O) groups is 1. The molecule has 1 heterocycles. The standard InChI is InChI=1S/C12H19N3O2/c13-9-7-11(14-8-9)12(17)15(5-6-16)10-3-1-2-4-10/h7-8,10,14,16H,1-6,13H2. The van der Waals surface area contributed by atoms with E-state index in [-0.39, 0.29) is 18.6 Å². The third kappa shape index (κ3) is 2.61. The van der Waals surface area contributed by atoms with Gasteiger partial charge in [0.1, 0.15) is 5.69 Å². The summed E-state index contributed by atoms with van der Waals surface area (Å²) in [5, 5.41) is 9.07. The molecule has 4 N–H and O–H groups in total. The Morgan fingerprint density at radius 2 is 2.24 bits per heavy atom. The predicted octanol–water partition coefficient (Wildman–Crippen LogP) is 0.974. The fraction of sp³-hybridized carbons (Fsp3) is 0.583. The number of nitrogens with one attached hydrogen (secondary N) is 1. The van der Waals surface area contributed by atoms with E-state index in [2.05, 4.69) is 4.98 Å². The normalized spacial score (nSPS) is 16.3. The maximum atomic E-state index is 12.3. The first-order valence-corrected chi connectivity index (χ1v) is 6.08. The molecule has 17 heavy (non-hydrogen) atoms. The monoisotopic (exact) mass is 237 g/mol. The highest BCUT2D eigenvalue weighted by molar-refractivity contribution is 5.93. The summed E-state index contributed by atoms with van der Waals surface area (Å²) in [6, 6.07) is 1.90. The van der Waals surface area contributed by atoms with Crippen molar-refractivity contribution in [2.75, 3.05) is 18.9 Å². The second kappa shape index (κ2) is 5.23. The zero-order valence-corrected chi connectivity index (χ0v) is 9.85. The van der Waals surface area contributed by atoms with Gasteiger partial charge in [-0.2, -0.15) is 0 Å². The highest BCUT2D eigenvalue weighted by Crippen LogP contribution is 2.24. The Morgan fingerprint density at radius 1 is 1.53 bits per heavy atom. The topological polar surface area (TPSA) is 82.4 Å². The molecular formula is C12H19N3O2. The van der Waals surface area contributed by atoms with E-state index in [1.807, 2.05) is 0 Å². The molecule has 1 fully saturated rings. The number of nitrogen functional groups attached to an aromatic ring is 1. The van der Waals surface area contributed by atoms with Crippen LogP contribution in [0.2, 0.25) is 0 Å². The van der Waals surface area contributed by atoms with Crippen molar-refractivity contribution in [3.63, 3.8) is 0 Å². The van der Waals surface area contributed by atoms with E-state index in [0.29, 0.717) is 17.9 Å². The molecule has 1 aliphatic rings. The number of amides is 1. The van der Waals surface area contributed by atoms with Gasteiger partial charge in [0.2, 0.25) is 0 Å². The number of aliphatic hydroxyl groups excluding tert-OH is 1. The molecule has 0 unspecified atom stereocenters. The highest BCUT2D eigenvalue weighted by Gasteiger charge is 2.27. The number of aromatic amines is 1. The van der Waals surface area contributed by atoms with Gasteiger partial charge in [0, 0.05) is 24.5 Å². The summed E-state index contributed by atoms with van der Waals surface area (Å²) in [5.74, 6) is -0.0670. The van der Waals surface area contributed by atoms with Gasteiger partial charge < -0.3 is 20.7 Å². The zero-order valence-electron chi connectivity index (χ0n) is 9.85. The zero-order chi connectivity index (χ0) is 12.3. The average Bonchev–Trinajstić information content (AvgIpc) is 2.95. The smallest absolute Gasteiger partial charge is 0.270 e. The van der Waals surface area contributed by atoms with E-state index in [9.17, 15) is 4.79 Å². The lowest BCUT2D eigenvalue weighted by atomic mass is 10.2. The number of carbonyl (C=O) groups excluding carboxylic acids is 1. The Morgan fingerprint density at radius 3 is 2.76 bits per heavy atom. The molecule has 0 atom stereocenters. The third-order valence-corrected chi connectivity index (χ3v) is 3.30. The van der Waals surface area contributed by atoms with E-state index in [0.717, 1.165) is 25.7 Å². The summed E-state index contributed by atoms with van der Waals surface area (Å²) in [4.78, 5) is 16.9. The Balaban J connectivity index is 2.12. The Kier molecular flexibility index (Phi) is 3.68. The van der Waals surface area contributed by atoms with Crippen molar-refractivity contribution < 1.29 is 9.90 Å². The Bertz CT molecular complexity index is 383. The number of hydrogen-bond donors (Lipinski definition) is 3. The molecule has 1 aliphatic carbocycles. The fourth-order valence-corrected chi connectivity index (χ4v) is 2.46. The van der Waals surface area contributed by atoms with E-state index in [4.69, 9.17) is 10.8 Å². The van der Waals surface area contributed by atoms with Gasteiger partial charge in [0.25, 0.3) is 5.91 Å². The minimum atomic E-state index is -0.0670. The number of aliphatic hydroxyl groups is 1. The second-order valence-corrected chi connectivity index (χ2v) is 4.51. The van der Waals surface area contributed by atoms with Crippen LogP contribution in [0.4, 0.5) is 5.69 Å². The minimum Gasteiger partial charge on any atom is -0.397 e. The number of nitrogens with zero attached hydrogens (tertiary/aromatic N) is 1. The molecule has 5 nitrogen and oxygen atoms in total. The SMILES string of the molecule is Nc1c[nH]c(C(=O)N(CCO)C2CCCC2)c1. The maximum Gasteiger partial charge on any atom is 0.270 e. The van der Waals surface area contributed by atoms with Gasteiger partial charge in [-0.05, 0) is 18.9 Å². The van der Waals surface area contributed by atoms with E-state index in [1.165, 1.54) is 0 Å². The molecule has 0 saturated heterocycles. The van der Waals surface area contributed by atoms with Crippen LogP contribution in [0.3, 0.4) is 0 Å². The summed E-state index contributed by atoms with van der Waals surface area (Å²) in [5.41, 5.74) is 6.65. The lowest BCUT2D eigenvalue weighted by Gasteiger charge is -2.27. The largest absolute Gasteiger partial charge is 0.397 e. The molecule has 0 radical (unpaired) electrons.